The van der Waals surface area contributed by atoms with Crippen LogP contribution in [0.5, 0.6) is 11.5 Å². The molecule has 0 spiro atoms. The summed E-state index contributed by atoms with van der Waals surface area (Å²) in [6.45, 7) is 2.12. The van der Waals surface area contributed by atoms with Crippen LogP contribution in [0.3, 0.4) is 0 Å². The number of fused-ring (bicyclic) bond motifs is 1. The molecule has 1 amide bonds. The van der Waals surface area contributed by atoms with Crippen LogP contribution in [0.2, 0.25) is 0 Å². The summed E-state index contributed by atoms with van der Waals surface area (Å²) in [6.07, 6.45) is -0.674. The van der Waals surface area contributed by atoms with Crippen LogP contribution in [0.4, 0.5) is 0 Å². The van der Waals surface area contributed by atoms with Crippen LogP contribution in [0.1, 0.15) is 22.4 Å². The number of carboxylic acid groups (broad SMARTS) is 1. The molecule has 126 valence electrons. The maximum Gasteiger partial charge on any atom is 0.355 e. The summed E-state index contributed by atoms with van der Waals surface area (Å²) in [4.78, 5) is 27.1. The number of carbonyl (C=O) groups excluding carboxylic acids is 1. The van der Waals surface area contributed by atoms with Crippen LogP contribution in [-0.4, -0.2) is 40.7 Å². The normalized spacial score (nSPS) is 18.9. The zero-order chi connectivity index (χ0) is 17.1. The number of para-hydroxylation sites is 2. The molecule has 0 saturated heterocycles. The predicted molar refractivity (Wildman–Crippen MR) is 86.7 cm³/mol. The summed E-state index contributed by atoms with van der Waals surface area (Å²) in [5, 5.41) is 13.8. The third-order valence-electron chi connectivity index (χ3n) is 3.51. The summed E-state index contributed by atoms with van der Waals surface area (Å²) >= 11 is 1.26. The lowest BCUT2D eigenvalue weighted by Gasteiger charge is -2.30. The van der Waals surface area contributed by atoms with Crippen molar-refractivity contribution >= 4 is 23.2 Å². The van der Waals surface area contributed by atoms with E-state index in [1.54, 1.807) is 19.1 Å². The minimum atomic E-state index is -1.05. The highest BCUT2D eigenvalue weighted by atomic mass is 32.1. The summed E-state index contributed by atoms with van der Waals surface area (Å²) in [7, 11) is 0. The van der Waals surface area contributed by atoms with Crippen molar-refractivity contribution < 1.29 is 24.2 Å². The topological polar surface area (TPSA) is 97.8 Å². The minimum absolute atomic E-state index is 0.0237. The summed E-state index contributed by atoms with van der Waals surface area (Å²) in [6, 6.07) is 7.21. The number of aromatic carboxylic acids is 1. The van der Waals surface area contributed by atoms with Gasteiger partial charge in [0.15, 0.2) is 17.2 Å². The monoisotopic (exact) mass is 348 g/mol. The number of amides is 1. The van der Waals surface area contributed by atoms with Crippen LogP contribution in [0.15, 0.2) is 29.6 Å². The van der Waals surface area contributed by atoms with Crippen molar-refractivity contribution in [3.05, 3.63) is 40.3 Å². The second-order valence-electron chi connectivity index (χ2n) is 5.28. The van der Waals surface area contributed by atoms with E-state index in [9.17, 15) is 9.59 Å². The molecular weight excluding hydrogens is 332 g/mol. The Bertz CT molecular complexity index is 760. The first-order valence-electron chi connectivity index (χ1n) is 7.42. The Morgan fingerprint density at radius 1 is 1.29 bits per heavy atom. The van der Waals surface area contributed by atoms with Crippen molar-refractivity contribution in [3.8, 4) is 11.5 Å². The van der Waals surface area contributed by atoms with Gasteiger partial charge in [-0.2, -0.15) is 0 Å². The number of thiazole rings is 1. The Hall–Kier alpha value is -2.61. The Balaban J connectivity index is 1.54. The quantitative estimate of drug-likeness (QED) is 0.854. The van der Waals surface area contributed by atoms with Crippen molar-refractivity contribution in [2.45, 2.75) is 25.6 Å². The molecule has 1 aromatic heterocycles. The Labute approximate surface area is 142 Å². The van der Waals surface area contributed by atoms with Crippen LogP contribution in [0.25, 0.3) is 0 Å². The van der Waals surface area contributed by atoms with Gasteiger partial charge in [0.25, 0.3) is 5.91 Å². The molecule has 0 aliphatic carbocycles. The van der Waals surface area contributed by atoms with E-state index < -0.39 is 18.2 Å². The number of carbonyl (C=O) groups is 2. The Morgan fingerprint density at radius 3 is 2.67 bits per heavy atom. The van der Waals surface area contributed by atoms with E-state index in [0.717, 1.165) is 0 Å². The number of hydrogen-bond acceptors (Lipinski definition) is 6. The second-order valence-corrected chi connectivity index (χ2v) is 6.22. The molecule has 1 aliphatic heterocycles. The third-order valence-corrected chi connectivity index (χ3v) is 4.42. The lowest BCUT2D eigenvalue weighted by molar-refractivity contribution is -0.133. The largest absolute Gasteiger partial charge is 0.482 e. The first-order valence-corrected chi connectivity index (χ1v) is 8.30. The molecule has 0 saturated carbocycles. The van der Waals surface area contributed by atoms with Gasteiger partial charge in [-0.05, 0) is 19.1 Å². The lowest BCUT2D eigenvalue weighted by Crippen LogP contribution is -2.49. The van der Waals surface area contributed by atoms with Crippen LogP contribution in [0, 0.1) is 0 Å². The zero-order valence-corrected chi connectivity index (χ0v) is 13.7. The molecule has 0 radical (unpaired) electrons. The van der Waals surface area contributed by atoms with Gasteiger partial charge in [0.2, 0.25) is 6.10 Å². The highest BCUT2D eigenvalue weighted by molar-refractivity contribution is 7.09. The van der Waals surface area contributed by atoms with Gasteiger partial charge < -0.3 is 19.9 Å². The fourth-order valence-corrected chi connectivity index (χ4v) is 3.10. The van der Waals surface area contributed by atoms with E-state index in [2.05, 4.69) is 10.3 Å². The molecule has 7 nitrogen and oxygen atoms in total. The molecule has 2 heterocycles. The van der Waals surface area contributed by atoms with Crippen molar-refractivity contribution in [2.24, 2.45) is 0 Å². The molecule has 2 unspecified atom stereocenters. The van der Waals surface area contributed by atoms with Crippen molar-refractivity contribution in [3.63, 3.8) is 0 Å². The standard InChI is InChI=1S/C16H16N2O5S/c1-9-14(23-12-5-3-2-4-11(12)22-9)15(19)17-7-6-13-18-10(8-24-13)16(20)21/h2-5,8-9,14H,6-7H2,1H3,(H,17,19)(H,20,21). The number of nitrogens with one attached hydrogen (secondary N) is 1. The Morgan fingerprint density at radius 2 is 2.00 bits per heavy atom. The average Bonchev–Trinajstić information content (AvgIpc) is 3.03. The zero-order valence-electron chi connectivity index (χ0n) is 12.9. The van der Waals surface area contributed by atoms with Crippen molar-refractivity contribution in [1.82, 2.24) is 10.3 Å². The molecule has 24 heavy (non-hydrogen) atoms. The highest BCUT2D eigenvalue weighted by Crippen LogP contribution is 2.33. The SMILES string of the molecule is CC1Oc2ccccc2OC1C(=O)NCCc1nc(C(=O)O)cs1. The van der Waals surface area contributed by atoms with E-state index in [-0.39, 0.29) is 11.6 Å². The number of benzene rings is 1. The van der Waals surface area contributed by atoms with Gasteiger partial charge >= 0.3 is 5.97 Å². The molecule has 0 bridgehead atoms. The number of rotatable bonds is 5. The minimum Gasteiger partial charge on any atom is -0.482 e. The molecule has 1 aliphatic rings. The summed E-state index contributed by atoms with van der Waals surface area (Å²) in [5.41, 5.74) is 0.0237. The molecule has 1 aromatic carbocycles. The first-order chi connectivity index (χ1) is 11.5. The van der Waals surface area contributed by atoms with Crippen molar-refractivity contribution in [2.75, 3.05) is 6.54 Å². The van der Waals surface area contributed by atoms with E-state index in [1.165, 1.54) is 16.7 Å². The maximum absolute atomic E-state index is 12.3. The van der Waals surface area contributed by atoms with Gasteiger partial charge in [-0.1, -0.05) is 12.1 Å². The average molecular weight is 348 g/mol. The molecular formula is C16H16N2O5S. The first kappa shape index (κ1) is 16.3. The fraction of sp³-hybridized carbons (Fsp3) is 0.312. The van der Waals surface area contributed by atoms with Gasteiger partial charge in [0, 0.05) is 18.3 Å². The highest BCUT2D eigenvalue weighted by Gasteiger charge is 2.33. The number of carboxylic acids is 1. The van der Waals surface area contributed by atoms with E-state index in [0.29, 0.717) is 29.5 Å². The van der Waals surface area contributed by atoms with Gasteiger partial charge in [-0.3, -0.25) is 4.79 Å². The van der Waals surface area contributed by atoms with Crippen molar-refractivity contribution in [1.29, 1.82) is 0 Å². The van der Waals surface area contributed by atoms with Gasteiger partial charge in [0.1, 0.15) is 6.10 Å². The second kappa shape index (κ2) is 6.88. The molecule has 2 atom stereocenters. The molecule has 3 rings (SSSR count). The van der Waals surface area contributed by atoms with Crippen LogP contribution >= 0.6 is 11.3 Å². The van der Waals surface area contributed by atoms with Crippen LogP contribution < -0.4 is 14.8 Å². The van der Waals surface area contributed by atoms with Gasteiger partial charge in [0.05, 0.1) is 5.01 Å². The fourth-order valence-electron chi connectivity index (χ4n) is 2.32. The Kier molecular flexibility index (Phi) is 4.66. The number of ether oxygens (including phenoxy) is 2. The van der Waals surface area contributed by atoms with Crippen LogP contribution in [-0.2, 0) is 11.2 Å². The number of hydrogen-bond donors (Lipinski definition) is 2. The van der Waals surface area contributed by atoms with E-state index in [4.69, 9.17) is 14.6 Å². The van der Waals surface area contributed by atoms with E-state index in [1.807, 2.05) is 12.1 Å². The molecule has 2 N–H and O–H groups in total. The van der Waals surface area contributed by atoms with E-state index >= 15 is 0 Å². The summed E-state index contributed by atoms with van der Waals surface area (Å²) in [5.74, 6) is -0.159. The number of aromatic nitrogens is 1. The third kappa shape index (κ3) is 3.48. The molecule has 0 fully saturated rings. The smallest absolute Gasteiger partial charge is 0.355 e. The predicted octanol–water partition coefficient (Wildman–Crippen LogP) is 1.73. The lowest BCUT2D eigenvalue weighted by atomic mass is 10.1. The summed E-state index contributed by atoms with van der Waals surface area (Å²) < 4.78 is 11.4. The number of nitrogens with zero attached hydrogens (tertiary/aromatic N) is 1. The van der Waals surface area contributed by atoms with Gasteiger partial charge in [-0.25, -0.2) is 9.78 Å². The van der Waals surface area contributed by atoms with Gasteiger partial charge in [-0.15, -0.1) is 11.3 Å². The molecule has 8 heteroatoms. The molecule has 2 aromatic rings. The maximum atomic E-state index is 12.3.